The zero-order valence-corrected chi connectivity index (χ0v) is 12.9. The monoisotopic (exact) mass is 315 g/mol. The minimum Gasteiger partial charge on any atom is -0.294 e. The molecule has 2 saturated heterocycles. The van der Waals surface area contributed by atoms with E-state index in [0.29, 0.717) is 31.2 Å². The molecule has 0 N–H and O–H groups in total. The van der Waals surface area contributed by atoms with E-state index in [9.17, 15) is 13.2 Å². The van der Waals surface area contributed by atoms with Gasteiger partial charge in [-0.15, -0.1) is 0 Å². The van der Waals surface area contributed by atoms with Crippen molar-refractivity contribution in [3.05, 3.63) is 42.2 Å². The second-order valence-corrected chi connectivity index (χ2v) is 8.86. The Morgan fingerprint density at radius 2 is 1.82 bits per heavy atom. The molecule has 3 heterocycles. The molecule has 2 atom stereocenters. The fourth-order valence-electron chi connectivity index (χ4n) is 3.97. The van der Waals surface area contributed by atoms with Gasteiger partial charge in [0.05, 0.1) is 10.5 Å². The number of nitrogens with zero attached hydrogens (tertiary/aromatic N) is 1. The van der Waals surface area contributed by atoms with Gasteiger partial charge >= 0.3 is 0 Å². The lowest BCUT2D eigenvalue weighted by molar-refractivity contribution is 0.0907. The van der Waals surface area contributed by atoms with Crippen LogP contribution in [0.15, 0.2) is 36.7 Å². The summed E-state index contributed by atoms with van der Waals surface area (Å²) < 4.78 is 24.3. The first kappa shape index (κ1) is 13.9. The first-order valence-electron chi connectivity index (χ1n) is 7.67. The van der Waals surface area contributed by atoms with Crippen molar-refractivity contribution in [2.75, 3.05) is 0 Å². The lowest BCUT2D eigenvalue weighted by Gasteiger charge is -2.27. The molecule has 0 radical (unpaired) electrons. The number of benzene rings is 1. The van der Waals surface area contributed by atoms with Crippen LogP contribution in [0.5, 0.6) is 0 Å². The number of Topliss-reactive ketones (excluding diaryl/α,β-unsaturated/α-hetero) is 1. The third kappa shape index (κ3) is 1.99. The SMILES string of the molecule is O=C(c1cccc2ccncc12)C1CC2CCC(C1)S2(=O)=O. The summed E-state index contributed by atoms with van der Waals surface area (Å²) in [5.74, 6) is -0.0998. The van der Waals surface area contributed by atoms with Crippen LogP contribution >= 0.6 is 0 Å². The van der Waals surface area contributed by atoms with Crippen molar-refractivity contribution in [3.63, 3.8) is 0 Å². The molecule has 2 unspecified atom stereocenters. The number of pyridine rings is 1. The molecule has 2 aromatic rings. The number of aromatic nitrogens is 1. The number of fused-ring (bicyclic) bond motifs is 3. The van der Waals surface area contributed by atoms with E-state index >= 15 is 0 Å². The van der Waals surface area contributed by atoms with Gasteiger partial charge in [0.15, 0.2) is 15.6 Å². The van der Waals surface area contributed by atoms with Crippen molar-refractivity contribution in [1.82, 2.24) is 4.98 Å². The van der Waals surface area contributed by atoms with Crippen molar-refractivity contribution < 1.29 is 13.2 Å². The molecular weight excluding hydrogens is 298 g/mol. The largest absolute Gasteiger partial charge is 0.294 e. The predicted octanol–water partition coefficient (Wildman–Crippen LogP) is 2.77. The zero-order chi connectivity index (χ0) is 15.3. The van der Waals surface area contributed by atoms with Gasteiger partial charge in [0.2, 0.25) is 0 Å². The quantitative estimate of drug-likeness (QED) is 0.799. The van der Waals surface area contributed by atoms with Crippen LogP contribution in [0.4, 0.5) is 0 Å². The van der Waals surface area contributed by atoms with Gasteiger partial charge in [-0.3, -0.25) is 9.78 Å². The van der Waals surface area contributed by atoms with Crippen molar-refractivity contribution >= 4 is 26.4 Å². The molecule has 2 bridgehead atoms. The summed E-state index contributed by atoms with van der Waals surface area (Å²) in [5.41, 5.74) is 0.675. The lowest BCUT2D eigenvalue weighted by Crippen LogP contribution is -2.36. The van der Waals surface area contributed by atoms with Gasteiger partial charge in [0, 0.05) is 29.3 Å². The van der Waals surface area contributed by atoms with Gasteiger partial charge in [-0.25, -0.2) is 8.42 Å². The van der Waals surface area contributed by atoms with Crippen LogP contribution in [0, 0.1) is 5.92 Å². The molecule has 0 amide bonds. The van der Waals surface area contributed by atoms with Gasteiger partial charge < -0.3 is 0 Å². The van der Waals surface area contributed by atoms with Crippen LogP contribution in [0.1, 0.15) is 36.0 Å². The Labute approximate surface area is 129 Å². The fraction of sp³-hybridized carbons (Fsp3) is 0.412. The third-order valence-electron chi connectivity index (χ3n) is 5.15. The van der Waals surface area contributed by atoms with E-state index < -0.39 is 9.84 Å². The number of sulfone groups is 1. The van der Waals surface area contributed by atoms with Crippen LogP contribution in [-0.4, -0.2) is 29.7 Å². The summed E-state index contributed by atoms with van der Waals surface area (Å²) in [6.07, 6.45) is 5.82. The molecule has 5 heteroatoms. The minimum absolute atomic E-state index is 0.0744. The van der Waals surface area contributed by atoms with E-state index in [2.05, 4.69) is 4.98 Å². The topological polar surface area (TPSA) is 64.1 Å². The van der Waals surface area contributed by atoms with Crippen molar-refractivity contribution in [2.45, 2.75) is 36.2 Å². The van der Waals surface area contributed by atoms with E-state index in [1.54, 1.807) is 12.4 Å². The molecule has 4 rings (SSSR count). The van der Waals surface area contributed by atoms with E-state index in [-0.39, 0.29) is 22.2 Å². The van der Waals surface area contributed by atoms with Crippen molar-refractivity contribution in [1.29, 1.82) is 0 Å². The number of rotatable bonds is 2. The van der Waals surface area contributed by atoms with Crippen LogP contribution < -0.4 is 0 Å². The maximum absolute atomic E-state index is 12.9. The predicted molar refractivity (Wildman–Crippen MR) is 84.5 cm³/mol. The first-order chi connectivity index (χ1) is 10.6. The van der Waals surface area contributed by atoms with Crippen LogP contribution in [0.3, 0.4) is 0 Å². The van der Waals surface area contributed by atoms with E-state index in [0.717, 1.165) is 10.8 Å². The molecule has 4 nitrogen and oxygen atoms in total. The van der Waals surface area contributed by atoms with Crippen molar-refractivity contribution in [2.24, 2.45) is 5.92 Å². The summed E-state index contributed by atoms with van der Waals surface area (Å²) >= 11 is 0. The fourth-order valence-corrected chi connectivity index (χ4v) is 6.44. The Bertz CT molecular complexity index is 834. The molecule has 2 aliphatic heterocycles. The van der Waals surface area contributed by atoms with Crippen LogP contribution in [0.2, 0.25) is 0 Å². The normalized spacial score (nSPS) is 29.5. The molecule has 0 spiro atoms. The van der Waals surface area contributed by atoms with E-state index in [1.807, 2.05) is 24.3 Å². The Morgan fingerprint density at radius 3 is 2.55 bits per heavy atom. The first-order valence-corrected chi connectivity index (χ1v) is 9.28. The molecule has 2 fully saturated rings. The smallest absolute Gasteiger partial charge is 0.166 e. The second-order valence-electron chi connectivity index (χ2n) is 6.35. The highest BCUT2D eigenvalue weighted by molar-refractivity contribution is 7.93. The van der Waals surface area contributed by atoms with Crippen LogP contribution in [0.25, 0.3) is 10.8 Å². The minimum atomic E-state index is -2.98. The molecule has 1 aromatic heterocycles. The molecule has 114 valence electrons. The number of carbonyl (C=O) groups is 1. The van der Waals surface area contributed by atoms with E-state index in [4.69, 9.17) is 0 Å². The number of hydrogen-bond donors (Lipinski definition) is 0. The van der Waals surface area contributed by atoms with Crippen LogP contribution in [-0.2, 0) is 9.84 Å². The van der Waals surface area contributed by atoms with Gasteiger partial charge in [0.1, 0.15) is 0 Å². The summed E-state index contributed by atoms with van der Waals surface area (Å²) in [7, 11) is -2.98. The lowest BCUT2D eigenvalue weighted by atomic mass is 9.88. The molecule has 2 aliphatic rings. The standard InChI is InChI=1S/C17H17NO3S/c19-17(12-8-13-4-5-14(9-12)22(13,20)21)15-3-1-2-11-6-7-18-10-16(11)15/h1-3,6-7,10,12-14H,4-5,8-9H2. The Kier molecular flexibility index (Phi) is 3.08. The zero-order valence-electron chi connectivity index (χ0n) is 12.1. The Morgan fingerprint density at radius 1 is 1.09 bits per heavy atom. The average Bonchev–Trinajstić information content (AvgIpc) is 2.71. The van der Waals surface area contributed by atoms with Gasteiger partial charge in [-0.05, 0) is 37.1 Å². The molecule has 0 aliphatic carbocycles. The highest BCUT2D eigenvalue weighted by atomic mass is 32.2. The molecule has 1 aromatic carbocycles. The Hall–Kier alpha value is -1.75. The third-order valence-corrected chi connectivity index (χ3v) is 7.87. The molecular formula is C17H17NO3S. The molecule has 22 heavy (non-hydrogen) atoms. The average molecular weight is 315 g/mol. The number of hydrogen-bond acceptors (Lipinski definition) is 4. The summed E-state index contributed by atoms with van der Waals surface area (Å²) in [6.45, 7) is 0. The second kappa shape index (κ2) is 4.88. The maximum atomic E-state index is 12.9. The van der Waals surface area contributed by atoms with Gasteiger partial charge in [0.25, 0.3) is 0 Å². The summed E-state index contributed by atoms with van der Waals surface area (Å²) in [5, 5.41) is 1.23. The number of carbonyl (C=O) groups excluding carboxylic acids is 1. The van der Waals surface area contributed by atoms with Crippen molar-refractivity contribution in [3.8, 4) is 0 Å². The van der Waals surface area contributed by atoms with Gasteiger partial charge in [-0.1, -0.05) is 18.2 Å². The summed E-state index contributed by atoms with van der Waals surface area (Å²) in [6, 6.07) is 7.56. The number of ketones is 1. The summed E-state index contributed by atoms with van der Waals surface area (Å²) in [4.78, 5) is 17.0. The maximum Gasteiger partial charge on any atom is 0.166 e. The van der Waals surface area contributed by atoms with Gasteiger partial charge in [-0.2, -0.15) is 0 Å². The highest BCUT2D eigenvalue weighted by Gasteiger charge is 2.48. The Balaban J connectivity index is 1.71. The highest BCUT2D eigenvalue weighted by Crippen LogP contribution is 2.42. The van der Waals surface area contributed by atoms with E-state index in [1.165, 1.54) is 0 Å². The molecule has 0 saturated carbocycles.